The summed E-state index contributed by atoms with van der Waals surface area (Å²) in [4.78, 5) is 11.4. The Morgan fingerprint density at radius 3 is 2.62 bits per heavy atom. The molecule has 2 rings (SSSR count). The van der Waals surface area contributed by atoms with Crippen molar-refractivity contribution in [1.82, 2.24) is 0 Å². The Kier molecular flexibility index (Phi) is 5.58. The molecule has 0 bridgehead atoms. The first-order chi connectivity index (χ1) is 10.2. The van der Waals surface area contributed by atoms with Crippen LogP contribution in [0.5, 0.6) is 5.75 Å². The SMILES string of the molecule is COC(=O)c1ccc(OC/C=C/c2ccccc2)c(Br)c1. The predicted octanol–water partition coefficient (Wildman–Crippen LogP) is 4.33. The van der Waals surface area contributed by atoms with Crippen LogP contribution in [-0.4, -0.2) is 19.7 Å². The summed E-state index contributed by atoms with van der Waals surface area (Å²) in [5.41, 5.74) is 1.61. The minimum atomic E-state index is -0.369. The number of ether oxygens (including phenoxy) is 2. The summed E-state index contributed by atoms with van der Waals surface area (Å²) < 4.78 is 11.0. The Morgan fingerprint density at radius 1 is 1.19 bits per heavy atom. The standard InChI is InChI=1S/C17H15BrO3/c1-20-17(19)14-9-10-16(15(18)12-14)21-11-5-8-13-6-3-2-4-7-13/h2-10,12H,11H2,1H3/b8-5+. The molecule has 0 atom stereocenters. The van der Waals surface area contributed by atoms with Crippen molar-refractivity contribution in [3.05, 3.63) is 70.2 Å². The van der Waals surface area contributed by atoms with E-state index in [1.165, 1.54) is 7.11 Å². The van der Waals surface area contributed by atoms with Crippen molar-refractivity contribution in [2.24, 2.45) is 0 Å². The first-order valence-corrected chi connectivity index (χ1v) is 7.22. The number of halogens is 1. The number of esters is 1. The largest absolute Gasteiger partial charge is 0.488 e. The van der Waals surface area contributed by atoms with Gasteiger partial charge in [-0.3, -0.25) is 0 Å². The molecule has 21 heavy (non-hydrogen) atoms. The van der Waals surface area contributed by atoms with Gasteiger partial charge in [0.15, 0.2) is 0 Å². The molecule has 0 saturated carbocycles. The Morgan fingerprint density at radius 2 is 1.95 bits per heavy atom. The molecule has 0 aliphatic heterocycles. The van der Waals surface area contributed by atoms with E-state index in [1.807, 2.05) is 42.5 Å². The molecule has 0 unspecified atom stereocenters. The van der Waals surface area contributed by atoms with Crippen LogP contribution in [0.15, 0.2) is 59.1 Å². The van der Waals surface area contributed by atoms with Gasteiger partial charge < -0.3 is 9.47 Å². The molecule has 0 heterocycles. The summed E-state index contributed by atoms with van der Waals surface area (Å²) in [6.07, 6.45) is 3.94. The first-order valence-electron chi connectivity index (χ1n) is 6.43. The minimum absolute atomic E-state index is 0.369. The average molecular weight is 347 g/mol. The van der Waals surface area contributed by atoms with E-state index in [0.29, 0.717) is 17.9 Å². The van der Waals surface area contributed by atoms with Crippen molar-refractivity contribution in [2.45, 2.75) is 0 Å². The minimum Gasteiger partial charge on any atom is -0.488 e. The van der Waals surface area contributed by atoms with E-state index in [1.54, 1.807) is 18.2 Å². The van der Waals surface area contributed by atoms with Crippen molar-refractivity contribution >= 4 is 28.0 Å². The monoisotopic (exact) mass is 346 g/mol. The van der Waals surface area contributed by atoms with E-state index in [9.17, 15) is 4.79 Å². The average Bonchev–Trinajstić information content (AvgIpc) is 2.53. The Hall–Kier alpha value is -2.07. The van der Waals surface area contributed by atoms with Crippen LogP contribution >= 0.6 is 15.9 Å². The fraction of sp³-hybridized carbons (Fsp3) is 0.118. The summed E-state index contributed by atoms with van der Waals surface area (Å²) in [5, 5.41) is 0. The van der Waals surface area contributed by atoms with E-state index in [-0.39, 0.29) is 5.97 Å². The highest BCUT2D eigenvalue weighted by Gasteiger charge is 2.08. The van der Waals surface area contributed by atoms with E-state index < -0.39 is 0 Å². The molecule has 108 valence electrons. The summed E-state index contributed by atoms with van der Waals surface area (Å²) >= 11 is 3.38. The smallest absolute Gasteiger partial charge is 0.337 e. The molecule has 0 radical (unpaired) electrons. The molecule has 0 aliphatic carbocycles. The number of benzene rings is 2. The van der Waals surface area contributed by atoms with Gasteiger partial charge in [0.25, 0.3) is 0 Å². The third-order valence-corrected chi connectivity index (χ3v) is 3.42. The highest BCUT2D eigenvalue weighted by molar-refractivity contribution is 9.10. The lowest BCUT2D eigenvalue weighted by Gasteiger charge is -2.07. The summed E-state index contributed by atoms with van der Waals surface area (Å²) in [6, 6.07) is 15.1. The molecule has 4 heteroatoms. The third-order valence-electron chi connectivity index (χ3n) is 2.80. The number of rotatable bonds is 5. The molecule has 3 nitrogen and oxygen atoms in total. The number of carbonyl (C=O) groups is 1. The highest BCUT2D eigenvalue weighted by Crippen LogP contribution is 2.26. The van der Waals surface area contributed by atoms with Crippen LogP contribution in [-0.2, 0) is 4.74 Å². The maximum absolute atomic E-state index is 11.4. The second kappa shape index (κ2) is 7.64. The van der Waals surface area contributed by atoms with Crippen molar-refractivity contribution in [2.75, 3.05) is 13.7 Å². The summed E-state index contributed by atoms with van der Waals surface area (Å²) in [5.74, 6) is 0.312. The quantitative estimate of drug-likeness (QED) is 0.756. The van der Waals surface area contributed by atoms with Gasteiger partial charge in [-0.2, -0.15) is 0 Å². The number of carbonyl (C=O) groups excluding carboxylic acids is 1. The maximum Gasteiger partial charge on any atom is 0.337 e. The first kappa shape index (κ1) is 15.3. The fourth-order valence-corrected chi connectivity index (χ4v) is 2.24. The second-order valence-corrected chi connectivity index (χ2v) is 5.12. The lowest BCUT2D eigenvalue weighted by Crippen LogP contribution is -2.02. The predicted molar refractivity (Wildman–Crippen MR) is 86.5 cm³/mol. The number of methoxy groups -OCH3 is 1. The van der Waals surface area contributed by atoms with Gasteiger partial charge in [-0.15, -0.1) is 0 Å². The van der Waals surface area contributed by atoms with Crippen molar-refractivity contribution in [3.63, 3.8) is 0 Å². The Labute approximate surface area is 132 Å². The molecule has 2 aromatic rings. The Balaban J connectivity index is 1.95. The lowest BCUT2D eigenvalue weighted by molar-refractivity contribution is 0.0600. The topological polar surface area (TPSA) is 35.5 Å². The van der Waals surface area contributed by atoms with Gasteiger partial charge in [0.05, 0.1) is 17.1 Å². The molecule has 0 N–H and O–H groups in total. The van der Waals surface area contributed by atoms with Crippen LogP contribution in [0.2, 0.25) is 0 Å². The molecule has 0 amide bonds. The third kappa shape index (κ3) is 4.46. The van der Waals surface area contributed by atoms with E-state index in [2.05, 4.69) is 20.7 Å². The second-order valence-electron chi connectivity index (χ2n) is 4.26. The van der Waals surface area contributed by atoms with Crippen LogP contribution in [0, 0.1) is 0 Å². The molecule has 2 aromatic carbocycles. The van der Waals surface area contributed by atoms with Crippen molar-refractivity contribution < 1.29 is 14.3 Å². The zero-order chi connectivity index (χ0) is 15.1. The van der Waals surface area contributed by atoms with E-state index in [4.69, 9.17) is 4.74 Å². The van der Waals surface area contributed by atoms with Gasteiger partial charge in [-0.05, 0) is 45.8 Å². The normalized spacial score (nSPS) is 10.6. The van der Waals surface area contributed by atoms with Crippen LogP contribution in [0.3, 0.4) is 0 Å². The number of hydrogen-bond acceptors (Lipinski definition) is 3. The molecular formula is C17H15BrO3. The highest BCUT2D eigenvalue weighted by atomic mass is 79.9. The van der Waals surface area contributed by atoms with Crippen molar-refractivity contribution in [3.8, 4) is 5.75 Å². The maximum atomic E-state index is 11.4. The zero-order valence-corrected chi connectivity index (χ0v) is 13.2. The van der Waals surface area contributed by atoms with Crippen LogP contribution in [0.4, 0.5) is 0 Å². The molecule has 0 fully saturated rings. The van der Waals surface area contributed by atoms with E-state index in [0.717, 1.165) is 10.0 Å². The van der Waals surface area contributed by atoms with Gasteiger partial charge in [0, 0.05) is 0 Å². The van der Waals surface area contributed by atoms with Gasteiger partial charge >= 0.3 is 5.97 Å². The Bertz CT molecular complexity index is 636. The lowest BCUT2D eigenvalue weighted by atomic mass is 10.2. The van der Waals surface area contributed by atoms with Crippen LogP contribution in [0.25, 0.3) is 6.08 Å². The van der Waals surface area contributed by atoms with Gasteiger partial charge in [0.1, 0.15) is 12.4 Å². The zero-order valence-electron chi connectivity index (χ0n) is 11.6. The van der Waals surface area contributed by atoms with Crippen molar-refractivity contribution in [1.29, 1.82) is 0 Å². The molecule has 0 spiro atoms. The van der Waals surface area contributed by atoms with Crippen LogP contribution in [0.1, 0.15) is 15.9 Å². The molecule has 0 aromatic heterocycles. The summed E-state index contributed by atoms with van der Waals surface area (Å²) in [7, 11) is 1.36. The van der Waals surface area contributed by atoms with Gasteiger partial charge in [-0.1, -0.05) is 36.4 Å². The number of hydrogen-bond donors (Lipinski definition) is 0. The summed E-state index contributed by atoms with van der Waals surface area (Å²) in [6.45, 7) is 0.449. The fourth-order valence-electron chi connectivity index (χ4n) is 1.75. The molecule has 0 saturated heterocycles. The molecular weight excluding hydrogens is 332 g/mol. The van der Waals surface area contributed by atoms with E-state index >= 15 is 0 Å². The van der Waals surface area contributed by atoms with Gasteiger partial charge in [-0.25, -0.2) is 4.79 Å². The van der Waals surface area contributed by atoms with Gasteiger partial charge in [0.2, 0.25) is 0 Å². The molecule has 0 aliphatic rings. The van der Waals surface area contributed by atoms with Crippen LogP contribution < -0.4 is 4.74 Å².